The van der Waals surface area contributed by atoms with E-state index in [1.54, 1.807) is 44.2 Å². The minimum atomic E-state index is -1.11. The van der Waals surface area contributed by atoms with Gasteiger partial charge in [-0.25, -0.2) is 4.79 Å². The molecule has 0 bridgehead atoms. The highest BCUT2D eigenvalue weighted by Gasteiger charge is 2.43. The van der Waals surface area contributed by atoms with Crippen LogP contribution in [-0.2, 0) is 19.1 Å². The highest BCUT2D eigenvalue weighted by atomic mass is 79.9. The van der Waals surface area contributed by atoms with E-state index in [1.165, 1.54) is 11.0 Å². The highest BCUT2D eigenvalue weighted by molar-refractivity contribution is 9.10. The maximum absolute atomic E-state index is 12.8. The molecule has 1 aliphatic heterocycles. The van der Waals surface area contributed by atoms with Crippen molar-refractivity contribution in [3.05, 3.63) is 64.6 Å². The lowest BCUT2D eigenvalue weighted by Gasteiger charge is -2.41. The van der Waals surface area contributed by atoms with Crippen molar-refractivity contribution in [3.8, 4) is 0 Å². The van der Waals surface area contributed by atoms with Crippen molar-refractivity contribution in [2.75, 3.05) is 16.8 Å². The molecule has 0 saturated heterocycles. The van der Waals surface area contributed by atoms with Gasteiger partial charge >= 0.3 is 5.97 Å². The molecule has 0 fully saturated rings. The van der Waals surface area contributed by atoms with Crippen molar-refractivity contribution in [1.29, 1.82) is 0 Å². The van der Waals surface area contributed by atoms with E-state index < -0.39 is 24.0 Å². The summed E-state index contributed by atoms with van der Waals surface area (Å²) in [6, 6.07) is 14.4. The van der Waals surface area contributed by atoms with Crippen LogP contribution in [0.1, 0.15) is 19.4 Å². The van der Waals surface area contributed by atoms with Crippen molar-refractivity contribution < 1.29 is 19.1 Å². The van der Waals surface area contributed by atoms with Crippen LogP contribution >= 0.6 is 15.9 Å². The number of carbonyl (C=O) groups excluding carboxylic acids is 3. The van der Waals surface area contributed by atoms with E-state index in [4.69, 9.17) is 4.74 Å². The van der Waals surface area contributed by atoms with Gasteiger partial charge < -0.3 is 10.1 Å². The average Bonchev–Trinajstić information content (AvgIpc) is 2.65. The number of fused-ring (bicyclic) bond motifs is 1. The van der Waals surface area contributed by atoms with Crippen LogP contribution in [0.25, 0.3) is 6.08 Å². The fraction of sp³-hybridized carbons (Fsp3) is 0.190. The van der Waals surface area contributed by atoms with Crippen LogP contribution in [0.3, 0.4) is 0 Å². The summed E-state index contributed by atoms with van der Waals surface area (Å²) >= 11 is 3.36. The monoisotopic (exact) mass is 442 g/mol. The van der Waals surface area contributed by atoms with Crippen LogP contribution in [0.5, 0.6) is 0 Å². The number of hydrogen-bond acceptors (Lipinski definition) is 4. The Morgan fingerprint density at radius 1 is 1.18 bits per heavy atom. The molecular formula is C21H19BrN2O4. The normalized spacial score (nSPS) is 15.1. The first-order valence-electron chi connectivity index (χ1n) is 8.63. The van der Waals surface area contributed by atoms with E-state index in [2.05, 4.69) is 21.2 Å². The molecule has 0 saturated carbocycles. The maximum Gasteiger partial charge on any atom is 0.331 e. The predicted molar refractivity (Wildman–Crippen MR) is 111 cm³/mol. The topological polar surface area (TPSA) is 75.7 Å². The van der Waals surface area contributed by atoms with E-state index >= 15 is 0 Å². The number of benzene rings is 2. The van der Waals surface area contributed by atoms with Gasteiger partial charge in [-0.15, -0.1) is 0 Å². The van der Waals surface area contributed by atoms with Crippen molar-refractivity contribution in [2.24, 2.45) is 0 Å². The smallest absolute Gasteiger partial charge is 0.331 e. The Kier molecular flexibility index (Phi) is 5.65. The molecule has 0 aliphatic carbocycles. The van der Waals surface area contributed by atoms with Gasteiger partial charge in [-0.05, 0) is 49.8 Å². The lowest BCUT2D eigenvalue weighted by Crippen LogP contribution is -2.59. The highest BCUT2D eigenvalue weighted by Crippen LogP contribution is 2.36. The predicted octanol–water partition coefficient (Wildman–Crippen LogP) is 3.77. The lowest BCUT2D eigenvalue weighted by atomic mass is 9.96. The van der Waals surface area contributed by atoms with Gasteiger partial charge in [0.15, 0.2) is 6.61 Å². The number of carbonyl (C=O) groups is 3. The SMILES string of the molecule is CC1(C)C(=O)Nc2ccccc2N1C(=O)COC(=O)/C=C/c1cccc(Br)c1. The van der Waals surface area contributed by atoms with Gasteiger partial charge in [0.1, 0.15) is 5.54 Å². The first-order chi connectivity index (χ1) is 13.3. The lowest BCUT2D eigenvalue weighted by molar-refractivity contribution is -0.143. The molecule has 3 rings (SSSR count). The average molecular weight is 443 g/mol. The number of ether oxygens (including phenoxy) is 1. The van der Waals surface area contributed by atoms with Gasteiger partial charge in [0.25, 0.3) is 5.91 Å². The number of esters is 1. The van der Waals surface area contributed by atoms with Crippen LogP contribution in [0.2, 0.25) is 0 Å². The first kappa shape index (κ1) is 19.8. The molecular weight excluding hydrogens is 424 g/mol. The summed E-state index contributed by atoms with van der Waals surface area (Å²) in [6.07, 6.45) is 2.86. The van der Waals surface area contributed by atoms with E-state index in [-0.39, 0.29) is 5.91 Å². The molecule has 7 heteroatoms. The van der Waals surface area contributed by atoms with Gasteiger partial charge in [-0.3, -0.25) is 14.5 Å². The van der Waals surface area contributed by atoms with E-state index in [1.807, 2.05) is 24.3 Å². The number of nitrogens with zero attached hydrogens (tertiary/aromatic N) is 1. The van der Waals surface area contributed by atoms with E-state index in [9.17, 15) is 14.4 Å². The third kappa shape index (κ3) is 4.14. The molecule has 1 N–H and O–H groups in total. The summed E-state index contributed by atoms with van der Waals surface area (Å²) in [5.74, 6) is -1.42. The zero-order valence-corrected chi connectivity index (χ0v) is 17.0. The number of halogens is 1. The van der Waals surface area contributed by atoms with E-state index in [0.29, 0.717) is 11.4 Å². The number of para-hydroxylation sites is 2. The Bertz CT molecular complexity index is 968. The quantitative estimate of drug-likeness (QED) is 0.577. The molecule has 2 amide bonds. The Hall–Kier alpha value is -2.93. The zero-order chi connectivity index (χ0) is 20.3. The Labute approximate surface area is 171 Å². The van der Waals surface area contributed by atoms with Crippen LogP contribution in [0.15, 0.2) is 59.1 Å². The van der Waals surface area contributed by atoms with Crippen LogP contribution in [0, 0.1) is 0 Å². The van der Waals surface area contributed by atoms with Crippen molar-refractivity contribution in [2.45, 2.75) is 19.4 Å². The van der Waals surface area contributed by atoms with Gasteiger partial charge in [0, 0.05) is 10.5 Å². The number of nitrogens with one attached hydrogen (secondary N) is 1. The fourth-order valence-electron chi connectivity index (χ4n) is 2.92. The van der Waals surface area contributed by atoms with E-state index in [0.717, 1.165) is 10.0 Å². The second kappa shape index (κ2) is 7.98. The molecule has 1 aliphatic rings. The minimum Gasteiger partial charge on any atom is -0.452 e. The second-order valence-electron chi connectivity index (χ2n) is 6.76. The van der Waals surface area contributed by atoms with Crippen molar-refractivity contribution in [1.82, 2.24) is 0 Å². The number of rotatable bonds is 4. The number of amides is 2. The molecule has 2 aromatic carbocycles. The first-order valence-corrected chi connectivity index (χ1v) is 9.42. The number of anilines is 2. The summed E-state index contributed by atoms with van der Waals surface area (Å²) in [7, 11) is 0. The summed E-state index contributed by atoms with van der Waals surface area (Å²) < 4.78 is 5.98. The second-order valence-corrected chi connectivity index (χ2v) is 7.67. The summed E-state index contributed by atoms with van der Waals surface area (Å²) in [5, 5.41) is 2.79. The summed E-state index contributed by atoms with van der Waals surface area (Å²) in [5.41, 5.74) is 0.823. The fourth-order valence-corrected chi connectivity index (χ4v) is 3.34. The summed E-state index contributed by atoms with van der Waals surface area (Å²) in [6.45, 7) is 2.82. The molecule has 0 atom stereocenters. The van der Waals surface area contributed by atoms with Crippen LogP contribution in [-0.4, -0.2) is 29.9 Å². The Morgan fingerprint density at radius 2 is 1.93 bits per heavy atom. The molecule has 1 heterocycles. The van der Waals surface area contributed by atoms with Crippen molar-refractivity contribution >= 4 is 51.2 Å². The molecule has 144 valence electrons. The number of hydrogen-bond donors (Lipinski definition) is 1. The molecule has 28 heavy (non-hydrogen) atoms. The third-order valence-electron chi connectivity index (χ3n) is 4.36. The van der Waals surface area contributed by atoms with Gasteiger partial charge in [0.05, 0.1) is 11.4 Å². The standard InChI is InChI=1S/C21H19BrN2O4/c1-21(2)20(27)23-16-8-3-4-9-17(16)24(21)18(25)13-28-19(26)11-10-14-6-5-7-15(22)12-14/h3-12H,13H2,1-2H3,(H,23,27)/b11-10+. The molecule has 0 spiro atoms. The molecule has 0 radical (unpaired) electrons. The molecule has 0 unspecified atom stereocenters. The molecule has 2 aromatic rings. The van der Waals surface area contributed by atoms with Crippen LogP contribution < -0.4 is 10.2 Å². The van der Waals surface area contributed by atoms with Gasteiger partial charge in [-0.2, -0.15) is 0 Å². The molecule has 0 aromatic heterocycles. The third-order valence-corrected chi connectivity index (χ3v) is 4.85. The maximum atomic E-state index is 12.8. The molecule has 6 nitrogen and oxygen atoms in total. The Balaban J connectivity index is 1.70. The van der Waals surface area contributed by atoms with Crippen LogP contribution in [0.4, 0.5) is 11.4 Å². The Morgan fingerprint density at radius 3 is 2.68 bits per heavy atom. The zero-order valence-electron chi connectivity index (χ0n) is 15.4. The van der Waals surface area contributed by atoms with Gasteiger partial charge in [0.2, 0.25) is 5.91 Å². The largest absolute Gasteiger partial charge is 0.452 e. The van der Waals surface area contributed by atoms with Gasteiger partial charge in [-0.1, -0.05) is 40.2 Å². The van der Waals surface area contributed by atoms with Crippen molar-refractivity contribution in [3.63, 3.8) is 0 Å². The minimum absolute atomic E-state index is 0.305. The summed E-state index contributed by atoms with van der Waals surface area (Å²) in [4.78, 5) is 38.5.